The fourth-order valence-electron chi connectivity index (χ4n) is 19.5. The van der Waals surface area contributed by atoms with Crippen molar-refractivity contribution in [3.05, 3.63) is 64.8 Å². The Morgan fingerprint density at radius 2 is 1.18 bits per heavy atom. The first-order chi connectivity index (χ1) is 37.9. The summed E-state index contributed by atoms with van der Waals surface area (Å²) in [6.45, 7) is 32.5. The van der Waals surface area contributed by atoms with Crippen molar-refractivity contribution in [2.45, 2.75) is 250 Å². The third-order valence-corrected chi connectivity index (χ3v) is 24.1. The molecule has 17 unspecified atom stereocenters. The summed E-state index contributed by atoms with van der Waals surface area (Å²) in [6.07, 6.45) is 33.4. The first-order valence-electron chi connectivity index (χ1n) is 33.0. The molecule has 1 aromatic carbocycles. The van der Waals surface area contributed by atoms with Crippen LogP contribution in [0, 0.1) is 98.6 Å². The Bertz CT molecular complexity index is 2410. The molecule has 0 saturated heterocycles. The summed E-state index contributed by atoms with van der Waals surface area (Å²) in [5, 5.41) is 2.71. The number of fused-ring (bicyclic) bond motifs is 10. The van der Waals surface area contributed by atoms with Crippen molar-refractivity contribution >= 4 is 23.8 Å². The van der Waals surface area contributed by atoms with Gasteiger partial charge in [-0.05, 0) is 233 Å². The van der Waals surface area contributed by atoms with E-state index in [0.717, 1.165) is 122 Å². The van der Waals surface area contributed by atoms with Crippen molar-refractivity contribution in [3.63, 3.8) is 0 Å². The molecule has 8 aliphatic carbocycles. The topological polar surface area (TPSA) is 108 Å². The van der Waals surface area contributed by atoms with E-state index < -0.39 is 0 Å². The second-order valence-corrected chi connectivity index (χ2v) is 29.7. The maximum atomic E-state index is 13.1. The Morgan fingerprint density at radius 3 is 1.69 bits per heavy atom. The van der Waals surface area contributed by atoms with Crippen molar-refractivity contribution in [1.29, 1.82) is 0 Å². The van der Waals surface area contributed by atoms with E-state index in [-0.39, 0.29) is 59.3 Å². The highest BCUT2D eigenvalue weighted by molar-refractivity contribution is 5.94. The molecule has 1 aromatic rings. The van der Waals surface area contributed by atoms with Crippen LogP contribution < -0.4 is 10.1 Å². The fraction of sp³-hybridized carbons (Fsp3) is 0.778. The van der Waals surface area contributed by atoms with Crippen LogP contribution in [-0.4, -0.2) is 42.6 Å². The van der Waals surface area contributed by atoms with Crippen LogP contribution in [0.15, 0.2) is 59.2 Å². The number of allylic oxidation sites excluding steroid dienone is 3. The molecule has 0 heterocycles. The lowest BCUT2D eigenvalue weighted by Crippen LogP contribution is -2.51. The van der Waals surface area contributed by atoms with Crippen molar-refractivity contribution in [1.82, 2.24) is 5.32 Å². The van der Waals surface area contributed by atoms with Gasteiger partial charge in [-0.15, -0.1) is 0 Å². The Labute approximate surface area is 486 Å². The molecule has 446 valence electrons. The highest BCUT2D eigenvalue weighted by Gasteiger charge is 2.61. The summed E-state index contributed by atoms with van der Waals surface area (Å²) in [6, 6.07) is 6.79. The minimum Gasteiger partial charge on any atom is -0.461 e. The van der Waals surface area contributed by atoms with Gasteiger partial charge < -0.3 is 19.5 Å². The Balaban J connectivity index is 0.000000213. The summed E-state index contributed by atoms with van der Waals surface area (Å²) in [4.78, 5) is 49.8. The number of benzene rings is 1. The van der Waals surface area contributed by atoms with Gasteiger partial charge >= 0.3 is 17.9 Å². The molecule has 1 N–H and O–H groups in total. The molecule has 0 aromatic heterocycles. The first kappa shape index (κ1) is 62.4. The maximum absolute atomic E-state index is 13.1. The van der Waals surface area contributed by atoms with Crippen molar-refractivity contribution < 1.29 is 33.4 Å². The van der Waals surface area contributed by atoms with E-state index in [1.165, 1.54) is 95.5 Å². The molecule has 6 saturated carbocycles. The number of amides is 1. The minimum absolute atomic E-state index is 0.0537. The van der Waals surface area contributed by atoms with Gasteiger partial charge in [0.15, 0.2) is 0 Å². The average Bonchev–Trinajstić information content (AvgIpc) is 4.17. The highest BCUT2D eigenvalue weighted by atomic mass is 16.5. The van der Waals surface area contributed by atoms with Crippen molar-refractivity contribution in [2.24, 2.45) is 98.6 Å². The molecule has 1 amide bonds. The van der Waals surface area contributed by atoms with E-state index in [9.17, 15) is 19.2 Å². The number of nitrogens with one attached hydrogen (secondary N) is 1. The lowest BCUT2D eigenvalue weighted by Gasteiger charge is -2.58. The molecule has 8 aliphatic rings. The van der Waals surface area contributed by atoms with Crippen LogP contribution >= 0.6 is 0 Å². The summed E-state index contributed by atoms with van der Waals surface area (Å²) in [5.74, 6) is 9.24. The second kappa shape index (κ2) is 26.1. The summed E-state index contributed by atoms with van der Waals surface area (Å²) in [7, 11) is 0. The van der Waals surface area contributed by atoms with Crippen molar-refractivity contribution in [3.8, 4) is 5.75 Å². The zero-order valence-corrected chi connectivity index (χ0v) is 52.8. The number of ether oxygens (including phenoxy) is 3. The van der Waals surface area contributed by atoms with Gasteiger partial charge in [-0.3, -0.25) is 14.4 Å². The largest absolute Gasteiger partial charge is 0.461 e. The van der Waals surface area contributed by atoms with Gasteiger partial charge in [-0.1, -0.05) is 139 Å². The third kappa shape index (κ3) is 13.1. The molecule has 6 fully saturated rings. The molecule has 80 heavy (non-hydrogen) atoms. The molecule has 8 heteroatoms. The van der Waals surface area contributed by atoms with Crippen molar-refractivity contribution in [2.75, 3.05) is 6.54 Å². The third-order valence-electron chi connectivity index (χ3n) is 24.1. The molecule has 9 rings (SSSR count). The number of carbonyl (C=O) groups excluding carboxylic acids is 4. The molecular weight excluding hydrogens is 991 g/mol. The molecule has 8 nitrogen and oxygen atoms in total. The molecular formula is C72H111NO7. The van der Waals surface area contributed by atoms with E-state index >= 15 is 0 Å². The Morgan fingerprint density at radius 1 is 0.637 bits per heavy atom. The van der Waals surface area contributed by atoms with Crippen LogP contribution in [0.4, 0.5) is 0 Å². The van der Waals surface area contributed by atoms with Crippen LogP contribution in [0.1, 0.15) is 249 Å². The predicted molar refractivity (Wildman–Crippen MR) is 325 cm³/mol. The van der Waals surface area contributed by atoms with E-state index in [1.807, 2.05) is 26.8 Å². The molecule has 0 radical (unpaired) electrons. The van der Waals surface area contributed by atoms with Gasteiger partial charge in [-0.25, -0.2) is 4.79 Å². The minimum atomic E-state index is -0.318. The summed E-state index contributed by atoms with van der Waals surface area (Å²) < 4.78 is 17.4. The van der Waals surface area contributed by atoms with E-state index in [4.69, 9.17) is 14.2 Å². The normalized spacial score (nSPS) is 36.4. The SMILES string of the molecule is CC/C=C(/C)C(=O)NCC(=O)OC1CCC2(C)C(=CCC3C2CCC2(C)C(C(C)CC(C)C)CCC32)C1.CCC(C)C(=O)Oc1ccc(C(=O)OC2CCC3(C)C(=CCC4C3CCC3(C)C(C(C)CCCC(C)C)CCC43)C2)cc1. The predicted octanol–water partition coefficient (Wildman–Crippen LogP) is 17.8. The number of esters is 3. The monoisotopic (exact) mass is 1100 g/mol. The molecule has 0 spiro atoms. The number of carbonyl (C=O) groups is 4. The summed E-state index contributed by atoms with van der Waals surface area (Å²) in [5.41, 5.74) is 5.77. The Hall–Kier alpha value is -3.68. The van der Waals surface area contributed by atoms with Crippen LogP contribution in [0.3, 0.4) is 0 Å². The van der Waals surface area contributed by atoms with Gasteiger partial charge in [0.1, 0.15) is 24.5 Å². The quantitative estimate of drug-likeness (QED) is 0.0675. The van der Waals surface area contributed by atoms with Gasteiger partial charge in [0.05, 0.1) is 11.5 Å². The number of hydrogen-bond acceptors (Lipinski definition) is 7. The van der Waals surface area contributed by atoms with Gasteiger partial charge in [0.25, 0.3) is 0 Å². The van der Waals surface area contributed by atoms with E-state index in [1.54, 1.807) is 36.8 Å². The summed E-state index contributed by atoms with van der Waals surface area (Å²) >= 11 is 0. The molecule has 0 aliphatic heterocycles. The van der Waals surface area contributed by atoms with Crippen LogP contribution in [0.2, 0.25) is 0 Å². The standard InChI is InChI=1S/C39H58O4.C33H53NO3/c1-8-26(4)36(40)42-30-15-12-28(13-16-30)37(41)43-31-20-22-38(6)29(24-31)14-17-32-34-19-18-33(27(5)11-9-10-25(2)3)39(34,7)23-21-35(32)38;1-8-9-22(4)31(36)34-20-30(35)37-25-14-16-32(6)24(19-25)10-11-26-28-13-12-27(23(5)18-21(2)3)33(28,7)17-15-29(26)32/h12-16,25-27,31-35H,8-11,17-24H2,1-7H3;9-10,21,23,25-29H,8,11-20H2,1-7H3,(H,34,36)/b;22-9-. The van der Waals surface area contributed by atoms with Crippen LogP contribution in [0.5, 0.6) is 5.75 Å². The number of rotatable bonds is 18. The maximum Gasteiger partial charge on any atom is 0.338 e. The van der Waals surface area contributed by atoms with E-state index in [2.05, 4.69) is 86.7 Å². The first-order valence-corrected chi connectivity index (χ1v) is 33.0. The lowest BCUT2D eigenvalue weighted by atomic mass is 9.47. The van der Waals surface area contributed by atoms with Crippen LogP contribution in [0.25, 0.3) is 0 Å². The van der Waals surface area contributed by atoms with Gasteiger partial charge in [0, 0.05) is 18.4 Å². The second-order valence-electron chi connectivity index (χ2n) is 29.7. The lowest BCUT2D eigenvalue weighted by molar-refractivity contribution is -0.151. The van der Waals surface area contributed by atoms with Gasteiger partial charge in [0.2, 0.25) is 5.91 Å². The average molecular weight is 1100 g/mol. The Kier molecular flexibility index (Phi) is 20.3. The van der Waals surface area contributed by atoms with Crippen LogP contribution in [-0.2, 0) is 23.9 Å². The smallest absolute Gasteiger partial charge is 0.338 e. The zero-order valence-electron chi connectivity index (χ0n) is 52.8. The molecule has 0 bridgehead atoms. The number of hydrogen-bond donors (Lipinski definition) is 1. The van der Waals surface area contributed by atoms with E-state index in [0.29, 0.717) is 27.7 Å². The molecule has 17 atom stereocenters. The highest BCUT2D eigenvalue weighted by Crippen LogP contribution is 2.69. The zero-order chi connectivity index (χ0) is 57.9. The van der Waals surface area contributed by atoms with Gasteiger partial charge in [-0.2, -0.15) is 0 Å². The fourth-order valence-corrected chi connectivity index (χ4v) is 19.5.